The maximum absolute atomic E-state index is 4.33. The summed E-state index contributed by atoms with van der Waals surface area (Å²) in [7, 11) is 3.71. The lowest BCUT2D eigenvalue weighted by Crippen LogP contribution is -2.43. The summed E-state index contributed by atoms with van der Waals surface area (Å²) in [6.45, 7) is 6.28. The summed E-state index contributed by atoms with van der Waals surface area (Å²) in [5, 5.41) is 10.9. The maximum Gasteiger partial charge on any atom is 0.191 e. The summed E-state index contributed by atoms with van der Waals surface area (Å²) in [6, 6.07) is 0. The van der Waals surface area contributed by atoms with Gasteiger partial charge in [0.15, 0.2) is 5.96 Å². The van der Waals surface area contributed by atoms with E-state index in [4.69, 9.17) is 0 Å². The van der Waals surface area contributed by atoms with Gasteiger partial charge in [0, 0.05) is 20.6 Å². The Labute approximate surface area is 157 Å². The highest BCUT2D eigenvalue weighted by Gasteiger charge is 2.34. The van der Waals surface area contributed by atoms with E-state index in [1.165, 1.54) is 32.1 Å². The quantitative estimate of drug-likeness (QED) is 0.411. The summed E-state index contributed by atoms with van der Waals surface area (Å²) >= 11 is 0. The van der Waals surface area contributed by atoms with Crippen LogP contribution in [0.5, 0.6) is 0 Å². The summed E-state index contributed by atoms with van der Waals surface area (Å²) in [6.07, 6.45) is 8.25. The molecule has 0 atom stereocenters. The number of nitrogens with zero attached hydrogens (tertiary/aromatic N) is 4. The van der Waals surface area contributed by atoms with Crippen LogP contribution in [0.25, 0.3) is 0 Å². The van der Waals surface area contributed by atoms with Crippen molar-refractivity contribution in [2.24, 2.45) is 23.4 Å². The van der Waals surface area contributed by atoms with Crippen LogP contribution in [0.15, 0.2) is 11.3 Å². The van der Waals surface area contributed by atoms with E-state index in [-0.39, 0.29) is 24.0 Å². The molecule has 0 aliphatic heterocycles. The fraction of sp³-hybridized carbons (Fsp3) is 0.812. The van der Waals surface area contributed by atoms with Gasteiger partial charge in [0.2, 0.25) is 0 Å². The number of hydrogen-bond donors (Lipinski definition) is 2. The van der Waals surface area contributed by atoms with Gasteiger partial charge in [-0.15, -0.1) is 24.0 Å². The van der Waals surface area contributed by atoms with Crippen molar-refractivity contribution >= 4 is 29.9 Å². The van der Waals surface area contributed by atoms with E-state index >= 15 is 0 Å². The molecule has 0 spiro atoms. The van der Waals surface area contributed by atoms with Crippen LogP contribution in [0, 0.1) is 11.3 Å². The molecular formula is C16H31IN6. The molecule has 6 nitrogen and oxygen atoms in total. The monoisotopic (exact) mass is 434 g/mol. The van der Waals surface area contributed by atoms with Crippen LogP contribution in [0.3, 0.4) is 0 Å². The molecule has 0 amide bonds. The van der Waals surface area contributed by atoms with E-state index < -0.39 is 0 Å². The number of halogens is 1. The van der Waals surface area contributed by atoms with E-state index in [0.717, 1.165) is 24.2 Å². The number of rotatable bonds is 6. The fourth-order valence-corrected chi connectivity index (χ4v) is 3.58. The van der Waals surface area contributed by atoms with Crippen LogP contribution in [-0.4, -0.2) is 34.3 Å². The van der Waals surface area contributed by atoms with Crippen molar-refractivity contribution in [2.45, 2.75) is 52.5 Å². The summed E-state index contributed by atoms with van der Waals surface area (Å²) < 4.78 is 1.78. The molecule has 23 heavy (non-hydrogen) atoms. The number of guanidine groups is 1. The Kier molecular flexibility index (Phi) is 8.28. The Morgan fingerprint density at radius 1 is 1.35 bits per heavy atom. The molecule has 0 bridgehead atoms. The van der Waals surface area contributed by atoms with Gasteiger partial charge in [-0.2, -0.15) is 5.10 Å². The minimum atomic E-state index is 0. The van der Waals surface area contributed by atoms with Gasteiger partial charge >= 0.3 is 0 Å². The molecule has 0 saturated heterocycles. The van der Waals surface area contributed by atoms with Crippen molar-refractivity contribution in [3.8, 4) is 0 Å². The van der Waals surface area contributed by atoms with Crippen molar-refractivity contribution in [1.82, 2.24) is 25.4 Å². The Hall–Kier alpha value is -0.860. The van der Waals surface area contributed by atoms with Crippen LogP contribution >= 0.6 is 24.0 Å². The lowest BCUT2D eigenvalue weighted by atomic mass is 9.78. The van der Waals surface area contributed by atoms with Gasteiger partial charge in [0.1, 0.15) is 12.2 Å². The number of aliphatic imine (C=N–C) groups is 1. The highest BCUT2D eigenvalue weighted by molar-refractivity contribution is 14.0. The van der Waals surface area contributed by atoms with Crippen molar-refractivity contribution in [3.63, 3.8) is 0 Å². The van der Waals surface area contributed by atoms with Crippen LogP contribution in [0.4, 0.5) is 0 Å². The lowest BCUT2D eigenvalue weighted by molar-refractivity contribution is 0.234. The van der Waals surface area contributed by atoms with Crippen molar-refractivity contribution in [1.29, 1.82) is 0 Å². The fourth-order valence-electron chi connectivity index (χ4n) is 3.58. The second kappa shape index (κ2) is 9.44. The summed E-state index contributed by atoms with van der Waals surface area (Å²) in [4.78, 5) is 8.54. The molecule has 1 aliphatic rings. The smallest absolute Gasteiger partial charge is 0.191 e. The molecular weight excluding hydrogens is 403 g/mol. The van der Waals surface area contributed by atoms with E-state index in [9.17, 15) is 0 Å². The predicted molar refractivity (Wildman–Crippen MR) is 105 cm³/mol. The Morgan fingerprint density at radius 3 is 2.57 bits per heavy atom. The molecule has 2 N–H and O–H groups in total. The van der Waals surface area contributed by atoms with Crippen molar-refractivity contribution in [3.05, 3.63) is 12.2 Å². The van der Waals surface area contributed by atoms with Gasteiger partial charge in [-0.05, 0) is 30.6 Å². The van der Waals surface area contributed by atoms with Crippen LogP contribution in [0.2, 0.25) is 0 Å². The van der Waals surface area contributed by atoms with Gasteiger partial charge in [-0.1, -0.05) is 26.7 Å². The first-order valence-corrected chi connectivity index (χ1v) is 8.32. The molecule has 132 valence electrons. The second-order valence-electron chi connectivity index (χ2n) is 6.88. The van der Waals surface area contributed by atoms with Crippen molar-refractivity contribution in [2.75, 3.05) is 13.6 Å². The molecule has 0 radical (unpaired) electrons. The normalized spacial score (nSPS) is 17.2. The summed E-state index contributed by atoms with van der Waals surface area (Å²) in [5.74, 6) is 2.49. The zero-order valence-corrected chi connectivity index (χ0v) is 17.1. The highest BCUT2D eigenvalue weighted by Crippen LogP contribution is 2.42. The molecule has 1 heterocycles. The third-order valence-electron chi connectivity index (χ3n) is 4.58. The van der Waals surface area contributed by atoms with E-state index in [1.54, 1.807) is 11.0 Å². The predicted octanol–water partition coefficient (Wildman–Crippen LogP) is 2.70. The minimum absolute atomic E-state index is 0. The molecule has 7 heteroatoms. The zero-order valence-electron chi connectivity index (χ0n) is 14.8. The SMILES string of the molecule is CN=C(NCc1ncnn1C)NCC1(CC(C)C)CCCC1.I. The molecule has 0 aromatic carbocycles. The zero-order chi connectivity index (χ0) is 16.0. The molecule has 1 aromatic rings. The van der Waals surface area contributed by atoms with Gasteiger partial charge in [0.05, 0.1) is 6.54 Å². The Morgan fingerprint density at radius 2 is 2.04 bits per heavy atom. The first kappa shape index (κ1) is 20.2. The Bertz CT molecular complexity index is 491. The average molecular weight is 434 g/mol. The largest absolute Gasteiger partial charge is 0.356 e. The molecule has 0 unspecified atom stereocenters. The van der Waals surface area contributed by atoms with Crippen LogP contribution < -0.4 is 10.6 Å². The maximum atomic E-state index is 4.33. The first-order chi connectivity index (χ1) is 10.5. The Balaban J connectivity index is 0.00000264. The minimum Gasteiger partial charge on any atom is -0.356 e. The molecule has 1 saturated carbocycles. The second-order valence-corrected chi connectivity index (χ2v) is 6.88. The first-order valence-electron chi connectivity index (χ1n) is 8.32. The third kappa shape index (κ3) is 5.93. The molecule has 2 rings (SSSR count). The molecule has 1 aromatic heterocycles. The van der Waals surface area contributed by atoms with Crippen molar-refractivity contribution < 1.29 is 0 Å². The third-order valence-corrected chi connectivity index (χ3v) is 4.58. The average Bonchev–Trinajstić information content (AvgIpc) is 3.08. The number of aromatic nitrogens is 3. The molecule has 1 aliphatic carbocycles. The standard InChI is InChI=1S/C16H30N6.HI/c1-13(2)9-16(7-5-6-8-16)11-19-15(17-3)18-10-14-20-12-21-22(14)4;/h12-13H,5-11H2,1-4H3,(H2,17,18,19);1H. The van der Waals surface area contributed by atoms with Crippen LogP contribution in [0.1, 0.15) is 51.8 Å². The number of hydrogen-bond acceptors (Lipinski definition) is 3. The number of nitrogens with one attached hydrogen (secondary N) is 2. The van der Waals surface area contributed by atoms with E-state index in [2.05, 4.69) is 39.6 Å². The van der Waals surface area contributed by atoms with Gasteiger partial charge in [-0.25, -0.2) is 4.98 Å². The van der Waals surface area contributed by atoms with Gasteiger partial charge in [0.25, 0.3) is 0 Å². The van der Waals surface area contributed by atoms with E-state index in [1.807, 2.05) is 14.1 Å². The van der Waals surface area contributed by atoms with E-state index in [0.29, 0.717) is 12.0 Å². The lowest BCUT2D eigenvalue weighted by Gasteiger charge is -2.31. The number of aryl methyl sites for hydroxylation is 1. The summed E-state index contributed by atoms with van der Waals surface area (Å²) in [5.41, 5.74) is 0.441. The topological polar surface area (TPSA) is 67.1 Å². The highest BCUT2D eigenvalue weighted by atomic mass is 127. The molecule has 1 fully saturated rings. The van der Waals surface area contributed by atoms with Gasteiger partial charge in [-0.3, -0.25) is 9.67 Å². The van der Waals surface area contributed by atoms with Gasteiger partial charge < -0.3 is 10.6 Å². The van der Waals surface area contributed by atoms with Crippen LogP contribution in [-0.2, 0) is 13.6 Å².